The molecule has 0 spiro atoms. The summed E-state index contributed by atoms with van der Waals surface area (Å²) in [7, 11) is 0. The maximum absolute atomic E-state index is 13.1. The van der Waals surface area contributed by atoms with Crippen LogP contribution in [0, 0.1) is 11.6 Å². The number of nitrogens with one attached hydrogen (secondary N) is 1. The predicted molar refractivity (Wildman–Crippen MR) is 121 cm³/mol. The topological polar surface area (TPSA) is 61.4 Å². The number of benzene rings is 2. The molecule has 32 heavy (non-hydrogen) atoms. The number of hydrogen-bond donors (Lipinski definition) is 1. The number of carbonyl (C=O) groups is 1. The van der Waals surface area contributed by atoms with Crippen LogP contribution in [0.15, 0.2) is 48.5 Å². The summed E-state index contributed by atoms with van der Waals surface area (Å²) in [6.07, 6.45) is 0.847. The summed E-state index contributed by atoms with van der Waals surface area (Å²) in [5, 5.41) is 3.85. The highest BCUT2D eigenvalue weighted by Gasteiger charge is 2.20. The fraction of sp³-hybridized carbons (Fsp3) is 0.348. The lowest BCUT2D eigenvalue weighted by atomic mass is 10.1. The smallest absolute Gasteiger partial charge is 0.224 e. The lowest BCUT2D eigenvalue weighted by Crippen LogP contribution is -2.48. The zero-order chi connectivity index (χ0) is 22.3. The second kappa shape index (κ2) is 10.6. The minimum Gasteiger partial charge on any atom is -0.355 e. The van der Waals surface area contributed by atoms with Gasteiger partial charge < -0.3 is 10.2 Å². The van der Waals surface area contributed by atoms with Gasteiger partial charge in [0.1, 0.15) is 17.5 Å². The first-order chi connectivity index (χ1) is 15.5. The van der Waals surface area contributed by atoms with Crippen LogP contribution in [-0.4, -0.2) is 59.4 Å². The molecule has 4 rings (SSSR count). The van der Waals surface area contributed by atoms with E-state index >= 15 is 0 Å². The molecule has 1 aliphatic heterocycles. The van der Waals surface area contributed by atoms with Gasteiger partial charge in [0.2, 0.25) is 11.0 Å². The average Bonchev–Trinajstić information content (AvgIpc) is 3.26. The molecule has 0 bridgehead atoms. The highest BCUT2D eigenvalue weighted by Crippen LogP contribution is 2.20. The Bertz CT molecular complexity index is 1020. The van der Waals surface area contributed by atoms with Gasteiger partial charge in [0.15, 0.2) is 0 Å². The summed E-state index contributed by atoms with van der Waals surface area (Å²) in [5.74, 6) is 0.151. The van der Waals surface area contributed by atoms with Gasteiger partial charge in [-0.2, -0.15) is 4.37 Å². The maximum Gasteiger partial charge on any atom is 0.224 e. The third-order valence-electron chi connectivity index (χ3n) is 5.40. The third kappa shape index (κ3) is 6.30. The van der Waals surface area contributed by atoms with Crippen molar-refractivity contribution in [1.82, 2.24) is 19.6 Å². The molecule has 0 saturated carbocycles. The van der Waals surface area contributed by atoms with E-state index in [1.165, 1.54) is 35.8 Å². The molecule has 2 heterocycles. The van der Waals surface area contributed by atoms with Crippen molar-refractivity contribution in [2.24, 2.45) is 0 Å². The molecule has 1 aliphatic rings. The summed E-state index contributed by atoms with van der Waals surface area (Å²) < 4.78 is 30.4. The molecule has 1 saturated heterocycles. The van der Waals surface area contributed by atoms with Gasteiger partial charge in [-0.1, -0.05) is 24.3 Å². The number of piperazine rings is 1. The number of aromatic nitrogens is 2. The van der Waals surface area contributed by atoms with Gasteiger partial charge in [-0.3, -0.25) is 9.69 Å². The molecular formula is C23H25F2N5OS. The Morgan fingerprint density at radius 1 is 0.938 bits per heavy atom. The Hall–Kier alpha value is -2.91. The van der Waals surface area contributed by atoms with Crippen LogP contribution in [0.3, 0.4) is 0 Å². The van der Waals surface area contributed by atoms with E-state index in [4.69, 9.17) is 0 Å². The number of nitrogens with zero attached hydrogens (tertiary/aromatic N) is 4. The fourth-order valence-corrected chi connectivity index (χ4v) is 4.33. The van der Waals surface area contributed by atoms with Crippen molar-refractivity contribution in [2.75, 3.05) is 44.2 Å². The summed E-state index contributed by atoms with van der Waals surface area (Å²) in [4.78, 5) is 21.3. The number of amides is 1. The Morgan fingerprint density at radius 3 is 2.22 bits per heavy atom. The van der Waals surface area contributed by atoms with Gasteiger partial charge in [-0.15, -0.1) is 0 Å². The molecule has 0 unspecified atom stereocenters. The van der Waals surface area contributed by atoms with E-state index in [0.717, 1.165) is 54.8 Å². The van der Waals surface area contributed by atoms with Crippen LogP contribution in [0.4, 0.5) is 13.9 Å². The van der Waals surface area contributed by atoms with Gasteiger partial charge >= 0.3 is 0 Å². The van der Waals surface area contributed by atoms with Crippen molar-refractivity contribution < 1.29 is 13.6 Å². The molecule has 1 amide bonds. The molecule has 0 radical (unpaired) electrons. The van der Waals surface area contributed by atoms with Crippen molar-refractivity contribution >= 4 is 22.6 Å². The van der Waals surface area contributed by atoms with Crippen LogP contribution in [0.2, 0.25) is 0 Å². The molecule has 9 heteroatoms. The maximum atomic E-state index is 13.1. The fourth-order valence-electron chi connectivity index (χ4n) is 3.60. The van der Waals surface area contributed by atoms with E-state index in [0.29, 0.717) is 13.0 Å². The zero-order valence-corrected chi connectivity index (χ0v) is 18.5. The highest BCUT2D eigenvalue weighted by molar-refractivity contribution is 7.09. The number of halogens is 2. The molecule has 1 aromatic heterocycles. The van der Waals surface area contributed by atoms with Crippen molar-refractivity contribution in [3.63, 3.8) is 0 Å². The molecule has 168 valence electrons. The molecule has 1 N–H and O–H groups in total. The largest absolute Gasteiger partial charge is 0.355 e. The van der Waals surface area contributed by atoms with Crippen molar-refractivity contribution in [3.8, 4) is 0 Å². The second-order valence-corrected chi connectivity index (χ2v) is 8.51. The van der Waals surface area contributed by atoms with Crippen LogP contribution < -0.4 is 10.2 Å². The van der Waals surface area contributed by atoms with E-state index in [-0.39, 0.29) is 24.0 Å². The summed E-state index contributed by atoms with van der Waals surface area (Å²) >= 11 is 1.39. The van der Waals surface area contributed by atoms with Crippen molar-refractivity contribution in [2.45, 2.75) is 12.8 Å². The van der Waals surface area contributed by atoms with E-state index in [2.05, 4.69) is 24.5 Å². The van der Waals surface area contributed by atoms with Gasteiger partial charge in [0, 0.05) is 57.2 Å². The SMILES string of the molecule is O=C(Cc1ccc(F)cc1)NCCN1CCN(c2nc(Cc3ccc(F)cc3)ns2)CC1. The first-order valence-corrected chi connectivity index (χ1v) is 11.4. The predicted octanol–water partition coefficient (Wildman–Crippen LogP) is 2.89. The molecule has 6 nitrogen and oxygen atoms in total. The first-order valence-electron chi connectivity index (χ1n) is 10.6. The Labute approximate surface area is 190 Å². The summed E-state index contributed by atoms with van der Waals surface area (Å²) in [5.41, 5.74) is 1.79. The lowest BCUT2D eigenvalue weighted by Gasteiger charge is -2.34. The number of carbonyl (C=O) groups excluding carboxylic acids is 1. The standard InChI is InChI=1S/C23H25F2N5OS/c24-19-5-1-17(2-6-19)15-21-27-23(32-28-21)30-13-11-29(12-14-30)10-9-26-22(31)16-18-3-7-20(25)8-4-18/h1-8H,9-16H2,(H,26,31). The molecular weight excluding hydrogens is 432 g/mol. The van der Waals surface area contributed by atoms with Crippen molar-refractivity contribution in [3.05, 3.63) is 77.1 Å². The number of hydrogen-bond acceptors (Lipinski definition) is 6. The molecule has 2 aromatic carbocycles. The lowest BCUT2D eigenvalue weighted by molar-refractivity contribution is -0.120. The number of rotatable bonds is 8. The second-order valence-electron chi connectivity index (χ2n) is 7.78. The van der Waals surface area contributed by atoms with Crippen LogP contribution in [-0.2, 0) is 17.6 Å². The van der Waals surface area contributed by atoms with Gasteiger partial charge in [-0.25, -0.2) is 13.8 Å². The molecule has 3 aromatic rings. The first kappa shape index (κ1) is 22.3. The Kier molecular flexibility index (Phi) is 7.39. The van der Waals surface area contributed by atoms with E-state index in [1.807, 2.05) is 0 Å². The van der Waals surface area contributed by atoms with Gasteiger partial charge in [0.25, 0.3) is 0 Å². The minimum atomic E-state index is -0.300. The third-order valence-corrected chi connectivity index (χ3v) is 6.22. The average molecular weight is 458 g/mol. The molecule has 0 aliphatic carbocycles. The van der Waals surface area contributed by atoms with Gasteiger partial charge in [0.05, 0.1) is 6.42 Å². The van der Waals surface area contributed by atoms with Crippen LogP contribution in [0.25, 0.3) is 0 Å². The molecule has 0 atom stereocenters. The Balaban J connectivity index is 1.17. The van der Waals surface area contributed by atoms with Crippen LogP contribution >= 0.6 is 11.5 Å². The van der Waals surface area contributed by atoms with E-state index in [9.17, 15) is 13.6 Å². The quantitative estimate of drug-likeness (QED) is 0.564. The van der Waals surface area contributed by atoms with E-state index < -0.39 is 0 Å². The van der Waals surface area contributed by atoms with Crippen molar-refractivity contribution in [1.29, 1.82) is 0 Å². The minimum absolute atomic E-state index is 0.0576. The highest BCUT2D eigenvalue weighted by atomic mass is 32.1. The van der Waals surface area contributed by atoms with Crippen LogP contribution in [0.1, 0.15) is 17.0 Å². The number of anilines is 1. The monoisotopic (exact) mass is 457 g/mol. The van der Waals surface area contributed by atoms with Crippen LogP contribution in [0.5, 0.6) is 0 Å². The zero-order valence-electron chi connectivity index (χ0n) is 17.6. The van der Waals surface area contributed by atoms with Gasteiger partial charge in [-0.05, 0) is 35.4 Å². The Morgan fingerprint density at radius 2 is 1.56 bits per heavy atom. The molecule has 1 fully saturated rings. The normalized spacial score (nSPS) is 14.5. The van der Waals surface area contributed by atoms with E-state index in [1.54, 1.807) is 24.3 Å². The summed E-state index contributed by atoms with van der Waals surface area (Å²) in [6, 6.07) is 12.4. The summed E-state index contributed by atoms with van der Waals surface area (Å²) in [6.45, 7) is 4.86.